The van der Waals surface area contributed by atoms with Gasteiger partial charge in [0.2, 0.25) is 0 Å². The quantitative estimate of drug-likeness (QED) is 0.878. The Morgan fingerprint density at radius 2 is 2.11 bits per heavy atom. The van der Waals surface area contributed by atoms with E-state index in [0.29, 0.717) is 12.1 Å². The zero-order valence-corrected chi connectivity index (χ0v) is 12.1. The summed E-state index contributed by atoms with van der Waals surface area (Å²) in [6.07, 6.45) is 6.52. The van der Waals surface area contributed by atoms with Crippen LogP contribution >= 0.6 is 15.9 Å². The van der Waals surface area contributed by atoms with E-state index in [9.17, 15) is 5.11 Å². The number of fused-ring (bicyclic) bond motifs is 1. The lowest BCUT2D eigenvalue weighted by molar-refractivity contribution is 0.108. The summed E-state index contributed by atoms with van der Waals surface area (Å²) in [6.45, 7) is 0. The Hall–Kier alpha value is -0.380. The van der Waals surface area contributed by atoms with E-state index in [1.807, 2.05) is 0 Å². The van der Waals surface area contributed by atoms with Gasteiger partial charge in [-0.15, -0.1) is 0 Å². The first-order valence-corrected chi connectivity index (χ1v) is 7.74. The number of benzene rings is 1. The van der Waals surface area contributed by atoms with Crippen molar-refractivity contribution in [3.8, 4) is 0 Å². The Morgan fingerprint density at radius 1 is 1.22 bits per heavy atom. The average molecular weight is 310 g/mol. The predicted molar refractivity (Wildman–Crippen MR) is 76.6 cm³/mol. The molecule has 0 spiro atoms. The topological polar surface area (TPSA) is 32.3 Å². The number of nitrogens with one attached hydrogen (secondary N) is 1. The van der Waals surface area contributed by atoms with Gasteiger partial charge in [-0.1, -0.05) is 22.0 Å². The molecule has 2 aliphatic carbocycles. The van der Waals surface area contributed by atoms with E-state index in [1.54, 1.807) is 0 Å². The summed E-state index contributed by atoms with van der Waals surface area (Å²) >= 11 is 3.54. The molecule has 98 valence electrons. The van der Waals surface area contributed by atoms with Crippen molar-refractivity contribution in [1.82, 2.24) is 5.32 Å². The van der Waals surface area contributed by atoms with Crippen LogP contribution in [-0.4, -0.2) is 17.3 Å². The van der Waals surface area contributed by atoms with Gasteiger partial charge in [-0.3, -0.25) is 0 Å². The van der Waals surface area contributed by atoms with Gasteiger partial charge in [-0.05, 0) is 61.8 Å². The molecule has 0 radical (unpaired) electrons. The summed E-state index contributed by atoms with van der Waals surface area (Å²) in [6, 6.07) is 7.60. The fraction of sp³-hybridized carbons (Fsp3) is 0.600. The molecule has 0 aliphatic heterocycles. The van der Waals surface area contributed by atoms with Crippen molar-refractivity contribution < 1.29 is 5.11 Å². The summed E-state index contributed by atoms with van der Waals surface area (Å²) in [5, 5.41) is 13.5. The van der Waals surface area contributed by atoms with E-state index in [0.717, 1.165) is 19.3 Å². The fourth-order valence-corrected chi connectivity index (χ4v) is 3.77. The van der Waals surface area contributed by atoms with Gasteiger partial charge in [0.25, 0.3) is 0 Å². The monoisotopic (exact) mass is 309 g/mol. The van der Waals surface area contributed by atoms with Gasteiger partial charge in [-0.2, -0.15) is 0 Å². The van der Waals surface area contributed by atoms with Gasteiger partial charge in [0.1, 0.15) is 0 Å². The number of aliphatic hydroxyl groups is 1. The standard InChI is InChI=1S/C15H20BrNO/c16-11-5-6-14-10(8-11)4-7-15(14)17-12-2-1-3-13(18)9-12/h5-6,8,12-13,15,17-18H,1-4,7,9H2. The summed E-state index contributed by atoms with van der Waals surface area (Å²) in [5.41, 5.74) is 2.93. The highest BCUT2D eigenvalue weighted by Crippen LogP contribution is 2.34. The molecule has 3 rings (SSSR count). The van der Waals surface area contributed by atoms with Crippen LogP contribution in [0.4, 0.5) is 0 Å². The Kier molecular flexibility index (Phi) is 3.73. The lowest BCUT2D eigenvalue weighted by Gasteiger charge is -2.29. The number of rotatable bonds is 2. The maximum absolute atomic E-state index is 9.74. The van der Waals surface area contributed by atoms with Crippen LogP contribution in [-0.2, 0) is 6.42 Å². The van der Waals surface area contributed by atoms with Crippen molar-refractivity contribution in [1.29, 1.82) is 0 Å². The van der Waals surface area contributed by atoms with E-state index >= 15 is 0 Å². The summed E-state index contributed by atoms with van der Waals surface area (Å²) in [4.78, 5) is 0. The molecule has 1 fully saturated rings. The van der Waals surface area contributed by atoms with Gasteiger partial charge in [0.15, 0.2) is 0 Å². The van der Waals surface area contributed by atoms with E-state index < -0.39 is 0 Å². The molecule has 18 heavy (non-hydrogen) atoms. The molecule has 0 aromatic heterocycles. The first-order valence-electron chi connectivity index (χ1n) is 6.95. The summed E-state index contributed by atoms with van der Waals surface area (Å²) < 4.78 is 1.18. The van der Waals surface area contributed by atoms with Gasteiger partial charge in [0, 0.05) is 16.6 Å². The molecular weight excluding hydrogens is 290 g/mol. The second-order valence-electron chi connectivity index (χ2n) is 5.62. The predicted octanol–water partition coefficient (Wildman–Crippen LogP) is 3.33. The summed E-state index contributed by atoms with van der Waals surface area (Å²) in [7, 11) is 0. The molecule has 1 aromatic carbocycles. The molecule has 3 unspecified atom stereocenters. The zero-order valence-electron chi connectivity index (χ0n) is 10.5. The third-order valence-electron chi connectivity index (χ3n) is 4.27. The van der Waals surface area contributed by atoms with Gasteiger partial charge in [-0.25, -0.2) is 0 Å². The van der Waals surface area contributed by atoms with Gasteiger partial charge >= 0.3 is 0 Å². The molecule has 2 aliphatic rings. The molecule has 0 saturated heterocycles. The van der Waals surface area contributed by atoms with Crippen LogP contribution in [0.15, 0.2) is 22.7 Å². The molecular formula is C15H20BrNO. The molecule has 3 atom stereocenters. The van der Waals surface area contributed by atoms with Crippen LogP contribution in [0, 0.1) is 0 Å². The van der Waals surface area contributed by atoms with Crippen LogP contribution < -0.4 is 5.32 Å². The van der Waals surface area contributed by atoms with Crippen molar-refractivity contribution in [3.63, 3.8) is 0 Å². The molecule has 3 heteroatoms. The molecule has 0 amide bonds. The van der Waals surface area contributed by atoms with Crippen LogP contribution in [0.1, 0.15) is 49.3 Å². The fourth-order valence-electron chi connectivity index (χ4n) is 3.36. The minimum atomic E-state index is -0.0953. The highest BCUT2D eigenvalue weighted by atomic mass is 79.9. The van der Waals surface area contributed by atoms with Crippen LogP contribution in [0.25, 0.3) is 0 Å². The number of hydrogen-bond donors (Lipinski definition) is 2. The van der Waals surface area contributed by atoms with Crippen molar-refractivity contribution in [2.45, 2.75) is 56.7 Å². The smallest absolute Gasteiger partial charge is 0.0555 e. The van der Waals surface area contributed by atoms with Crippen molar-refractivity contribution >= 4 is 15.9 Å². The van der Waals surface area contributed by atoms with E-state index in [4.69, 9.17) is 0 Å². The second kappa shape index (κ2) is 5.32. The number of aliphatic hydroxyl groups excluding tert-OH is 1. The van der Waals surface area contributed by atoms with Crippen LogP contribution in [0.3, 0.4) is 0 Å². The van der Waals surface area contributed by atoms with Crippen molar-refractivity contribution in [2.75, 3.05) is 0 Å². The third-order valence-corrected chi connectivity index (χ3v) is 4.76. The lowest BCUT2D eigenvalue weighted by Crippen LogP contribution is -2.37. The summed E-state index contributed by atoms with van der Waals surface area (Å²) in [5.74, 6) is 0. The number of halogens is 1. The zero-order chi connectivity index (χ0) is 12.5. The Balaban J connectivity index is 1.69. The molecule has 0 bridgehead atoms. The minimum Gasteiger partial charge on any atom is -0.393 e. The highest BCUT2D eigenvalue weighted by Gasteiger charge is 2.27. The Labute approximate surface area is 117 Å². The maximum atomic E-state index is 9.74. The second-order valence-corrected chi connectivity index (χ2v) is 6.53. The van der Waals surface area contributed by atoms with Crippen molar-refractivity contribution in [2.24, 2.45) is 0 Å². The molecule has 2 N–H and O–H groups in total. The largest absolute Gasteiger partial charge is 0.393 e. The van der Waals surface area contributed by atoms with E-state index in [2.05, 4.69) is 39.4 Å². The lowest BCUT2D eigenvalue weighted by atomic mass is 9.92. The molecule has 1 saturated carbocycles. The van der Waals surface area contributed by atoms with Gasteiger partial charge < -0.3 is 10.4 Å². The van der Waals surface area contributed by atoms with E-state index in [-0.39, 0.29) is 6.10 Å². The molecule has 1 aromatic rings. The Bertz CT molecular complexity index is 435. The molecule has 2 nitrogen and oxygen atoms in total. The van der Waals surface area contributed by atoms with Crippen LogP contribution in [0.5, 0.6) is 0 Å². The molecule has 0 heterocycles. The number of hydrogen-bond acceptors (Lipinski definition) is 2. The van der Waals surface area contributed by atoms with Crippen molar-refractivity contribution in [3.05, 3.63) is 33.8 Å². The minimum absolute atomic E-state index is 0.0953. The highest BCUT2D eigenvalue weighted by molar-refractivity contribution is 9.10. The average Bonchev–Trinajstić information content (AvgIpc) is 2.72. The first kappa shape index (κ1) is 12.6. The normalized spacial score (nSPS) is 31.3. The maximum Gasteiger partial charge on any atom is 0.0555 e. The first-order chi connectivity index (χ1) is 8.72. The van der Waals surface area contributed by atoms with Gasteiger partial charge in [0.05, 0.1) is 6.10 Å². The third kappa shape index (κ3) is 2.63. The van der Waals surface area contributed by atoms with Crippen LogP contribution in [0.2, 0.25) is 0 Å². The van der Waals surface area contributed by atoms with E-state index in [1.165, 1.54) is 34.9 Å². The SMILES string of the molecule is OC1CCCC(NC2CCc3cc(Br)ccc32)C1. The Morgan fingerprint density at radius 3 is 2.94 bits per heavy atom. The number of aryl methyl sites for hydroxylation is 1.